The van der Waals surface area contributed by atoms with Gasteiger partial charge < -0.3 is 16.0 Å². The molecule has 8 heteroatoms. The second-order valence-corrected chi connectivity index (χ2v) is 6.40. The van der Waals surface area contributed by atoms with Crippen molar-refractivity contribution >= 4 is 47.2 Å². The molecule has 1 aliphatic heterocycles. The second kappa shape index (κ2) is 10.8. The molecule has 1 saturated heterocycles. The summed E-state index contributed by atoms with van der Waals surface area (Å²) in [6.45, 7) is 7.48. The van der Waals surface area contributed by atoms with Crippen molar-refractivity contribution in [2.75, 3.05) is 45.8 Å². The summed E-state index contributed by atoms with van der Waals surface area (Å²) in [4.78, 5) is 21.2. The predicted molar refractivity (Wildman–Crippen MR) is 107 cm³/mol. The normalized spacial score (nSPS) is 16.0. The number of halogens is 1. The van der Waals surface area contributed by atoms with Gasteiger partial charge in [0.2, 0.25) is 5.91 Å². The quantitative estimate of drug-likeness (QED) is 0.384. The van der Waals surface area contributed by atoms with Crippen LogP contribution in [-0.4, -0.2) is 67.5 Å². The fourth-order valence-electron chi connectivity index (χ4n) is 2.42. The lowest BCUT2D eigenvalue weighted by Crippen LogP contribution is -2.48. The number of nitrogens with two attached hydrogens (primary N) is 1. The van der Waals surface area contributed by atoms with Crippen LogP contribution in [0.1, 0.15) is 11.8 Å². The average molecular weight is 451 g/mol. The molecule has 2 rings (SSSR count). The number of aliphatic imine (C=N–C) groups is 1. The number of piperazine rings is 1. The monoisotopic (exact) mass is 451 g/mol. The highest BCUT2D eigenvalue weighted by Crippen LogP contribution is 2.07. The third kappa shape index (κ3) is 7.49. The highest BCUT2D eigenvalue weighted by atomic mass is 127. The summed E-state index contributed by atoms with van der Waals surface area (Å²) in [6, 6.07) is 4.18. The van der Waals surface area contributed by atoms with Crippen LogP contribution in [0.15, 0.2) is 22.5 Å². The maximum atomic E-state index is 11.3. The Balaban J connectivity index is 0.00000264. The number of carbonyl (C=O) groups is 1. The molecule has 3 N–H and O–H groups in total. The average Bonchev–Trinajstić information content (AvgIpc) is 3.01. The van der Waals surface area contributed by atoms with E-state index in [1.54, 1.807) is 18.3 Å². The molecule has 0 radical (unpaired) electrons. The van der Waals surface area contributed by atoms with Gasteiger partial charge in [-0.2, -0.15) is 0 Å². The van der Waals surface area contributed by atoms with Crippen LogP contribution in [0, 0.1) is 0 Å². The van der Waals surface area contributed by atoms with Crippen LogP contribution in [0.4, 0.5) is 0 Å². The largest absolute Gasteiger partial charge is 0.370 e. The van der Waals surface area contributed by atoms with E-state index in [1.165, 1.54) is 4.88 Å². The summed E-state index contributed by atoms with van der Waals surface area (Å²) in [5, 5.41) is 5.23. The number of carbonyl (C=O) groups excluding carboxylic acids is 1. The molecule has 6 nitrogen and oxygen atoms in total. The number of amides is 1. The van der Waals surface area contributed by atoms with Crippen LogP contribution in [-0.2, 0) is 11.2 Å². The molecule has 0 saturated carbocycles. The molecule has 23 heavy (non-hydrogen) atoms. The molecule has 1 amide bonds. The van der Waals surface area contributed by atoms with Gasteiger partial charge in [-0.05, 0) is 17.9 Å². The van der Waals surface area contributed by atoms with E-state index in [0.717, 1.165) is 45.7 Å². The summed E-state index contributed by atoms with van der Waals surface area (Å²) in [5.74, 6) is 0.677. The standard InChI is InChI=1S/C15H25N5OS.HI/c1-13(21)20-10-8-19(9-11-20)7-6-18-15(16)17-5-4-14-3-2-12-22-14;/h2-3,12H,4-11H2,1H3,(H3,16,17,18);1H. The van der Waals surface area contributed by atoms with Crippen LogP contribution in [0.3, 0.4) is 0 Å². The van der Waals surface area contributed by atoms with Crippen LogP contribution in [0.5, 0.6) is 0 Å². The molecule has 0 spiro atoms. The number of hydrogen-bond acceptors (Lipinski definition) is 4. The zero-order chi connectivity index (χ0) is 15.8. The van der Waals surface area contributed by atoms with Crippen LogP contribution in [0.25, 0.3) is 0 Å². The van der Waals surface area contributed by atoms with Gasteiger partial charge in [-0.15, -0.1) is 35.3 Å². The Labute approximate surface area is 159 Å². The third-order valence-electron chi connectivity index (χ3n) is 3.77. The van der Waals surface area contributed by atoms with Crippen molar-refractivity contribution in [3.05, 3.63) is 22.4 Å². The number of nitrogens with zero attached hydrogens (tertiary/aromatic N) is 3. The van der Waals surface area contributed by atoms with E-state index in [1.807, 2.05) is 4.90 Å². The van der Waals surface area contributed by atoms with Gasteiger partial charge in [0.1, 0.15) is 0 Å². The lowest BCUT2D eigenvalue weighted by atomic mass is 10.3. The zero-order valence-electron chi connectivity index (χ0n) is 13.5. The smallest absolute Gasteiger partial charge is 0.219 e. The lowest BCUT2D eigenvalue weighted by Gasteiger charge is -2.33. The van der Waals surface area contributed by atoms with Crippen LogP contribution < -0.4 is 11.1 Å². The number of hydrogen-bond donors (Lipinski definition) is 2. The fourth-order valence-corrected chi connectivity index (χ4v) is 3.13. The molecule has 1 fully saturated rings. The fraction of sp³-hybridized carbons (Fsp3) is 0.600. The summed E-state index contributed by atoms with van der Waals surface area (Å²) in [5.41, 5.74) is 5.86. The molecule has 2 heterocycles. The number of guanidine groups is 1. The maximum Gasteiger partial charge on any atom is 0.219 e. The van der Waals surface area contributed by atoms with E-state index in [2.05, 4.69) is 32.7 Å². The van der Waals surface area contributed by atoms with Gasteiger partial charge in [-0.3, -0.25) is 14.7 Å². The highest BCUT2D eigenvalue weighted by molar-refractivity contribution is 14.0. The highest BCUT2D eigenvalue weighted by Gasteiger charge is 2.17. The first-order valence-electron chi connectivity index (χ1n) is 7.69. The molecule has 1 aromatic rings. The number of rotatable bonds is 6. The van der Waals surface area contributed by atoms with Gasteiger partial charge in [0, 0.05) is 51.1 Å². The molecule has 0 unspecified atom stereocenters. The van der Waals surface area contributed by atoms with Gasteiger partial charge in [0.15, 0.2) is 5.96 Å². The van der Waals surface area contributed by atoms with E-state index in [-0.39, 0.29) is 29.9 Å². The van der Waals surface area contributed by atoms with Crippen molar-refractivity contribution in [2.45, 2.75) is 13.3 Å². The summed E-state index contributed by atoms with van der Waals surface area (Å²) < 4.78 is 0. The van der Waals surface area contributed by atoms with E-state index < -0.39 is 0 Å². The van der Waals surface area contributed by atoms with Crippen molar-refractivity contribution in [3.8, 4) is 0 Å². The SMILES string of the molecule is CC(=O)N1CCN(CCN=C(N)NCCc2cccs2)CC1.I. The molecular weight excluding hydrogens is 425 g/mol. The topological polar surface area (TPSA) is 74.0 Å². The van der Waals surface area contributed by atoms with Crippen molar-refractivity contribution in [2.24, 2.45) is 10.7 Å². The van der Waals surface area contributed by atoms with Crippen molar-refractivity contribution < 1.29 is 4.79 Å². The van der Waals surface area contributed by atoms with Crippen LogP contribution in [0.2, 0.25) is 0 Å². The summed E-state index contributed by atoms with van der Waals surface area (Å²) >= 11 is 1.76. The minimum absolute atomic E-state index is 0. The Morgan fingerprint density at radius 1 is 1.39 bits per heavy atom. The van der Waals surface area contributed by atoms with Gasteiger partial charge in [-0.1, -0.05) is 6.07 Å². The van der Waals surface area contributed by atoms with Gasteiger partial charge in [-0.25, -0.2) is 0 Å². The molecule has 0 aromatic carbocycles. The molecule has 1 aromatic heterocycles. The molecule has 0 bridgehead atoms. The van der Waals surface area contributed by atoms with Gasteiger partial charge in [0.05, 0.1) is 6.54 Å². The van der Waals surface area contributed by atoms with Crippen molar-refractivity contribution in [1.29, 1.82) is 0 Å². The van der Waals surface area contributed by atoms with Crippen molar-refractivity contribution in [1.82, 2.24) is 15.1 Å². The predicted octanol–water partition coefficient (Wildman–Crippen LogP) is 0.977. The molecular formula is C15H26IN5OS. The third-order valence-corrected chi connectivity index (χ3v) is 4.71. The van der Waals surface area contributed by atoms with Crippen LogP contribution >= 0.6 is 35.3 Å². The van der Waals surface area contributed by atoms with E-state index in [4.69, 9.17) is 5.73 Å². The minimum Gasteiger partial charge on any atom is -0.370 e. The first-order chi connectivity index (χ1) is 10.6. The van der Waals surface area contributed by atoms with E-state index in [0.29, 0.717) is 12.5 Å². The summed E-state index contributed by atoms with van der Waals surface area (Å²) in [6.07, 6.45) is 0.973. The van der Waals surface area contributed by atoms with Gasteiger partial charge >= 0.3 is 0 Å². The Morgan fingerprint density at radius 3 is 2.74 bits per heavy atom. The molecule has 1 aliphatic rings. The zero-order valence-corrected chi connectivity index (χ0v) is 16.7. The Morgan fingerprint density at radius 2 is 2.13 bits per heavy atom. The van der Waals surface area contributed by atoms with E-state index in [9.17, 15) is 4.79 Å². The number of nitrogens with one attached hydrogen (secondary N) is 1. The minimum atomic E-state index is 0. The lowest BCUT2D eigenvalue weighted by molar-refractivity contribution is -0.130. The second-order valence-electron chi connectivity index (χ2n) is 5.37. The maximum absolute atomic E-state index is 11.3. The first-order valence-corrected chi connectivity index (χ1v) is 8.57. The molecule has 130 valence electrons. The Hall–Kier alpha value is -0.870. The summed E-state index contributed by atoms with van der Waals surface area (Å²) in [7, 11) is 0. The van der Waals surface area contributed by atoms with Gasteiger partial charge in [0.25, 0.3) is 0 Å². The number of thiophene rings is 1. The molecule has 0 aliphatic carbocycles. The van der Waals surface area contributed by atoms with Crippen molar-refractivity contribution in [3.63, 3.8) is 0 Å². The Bertz CT molecular complexity index is 486. The van der Waals surface area contributed by atoms with E-state index >= 15 is 0 Å². The first kappa shape index (κ1) is 20.2. The Kier molecular flexibility index (Phi) is 9.49. The molecule has 0 atom stereocenters.